The number of carbonyl (C=O) groups is 1. The van der Waals surface area contributed by atoms with Crippen LogP contribution in [0.2, 0.25) is 0 Å². The summed E-state index contributed by atoms with van der Waals surface area (Å²) >= 11 is 0. The van der Waals surface area contributed by atoms with Gasteiger partial charge in [0.2, 0.25) is 0 Å². The molecule has 3 rings (SSSR count). The van der Waals surface area contributed by atoms with E-state index >= 15 is 0 Å². The molecule has 1 atom stereocenters. The van der Waals surface area contributed by atoms with Gasteiger partial charge < -0.3 is 19.6 Å². The Kier molecular flexibility index (Phi) is 5.09. The minimum absolute atomic E-state index is 0.0737. The van der Waals surface area contributed by atoms with Crippen LogP contribution >= 0.6 is 0 Å². The van der Waals surface area contributed by atoms with Gasteiger partial charge in [0.1, 0.15) is 11.9 Å². The molecule has 6 heteroatoms. The first-order chi connectivity index (χ1) is 11.7. The molecule has 6 nitrogen and oxygen atoms in total. The quantitative estimate of drug-likeness (QED) is 0.918. The van der Waals surface area contributed by atoms with E-state index in [1.54, 1.807) is 0 Å². The van der Waals surface area contributed by atoms with Crippen molar-refractivity contribution in [1.29, 1.82) is 5.26 Å². The largest absolute Gasteiger partial charge is 0.490 e. The van der Waals surface area contributed by atoms with E-state index in [2.05, 4.69) is 23.1 Å². The molecule has 1 aromatic carbocycles. The molecule has 0 spiro atoms. The Balaban J connectivity index is 1.55. The third-order valence-corrected chi connectivity index (χ3v) is 4.89. The van der Waals surface area contributed by atoms with Gasteiger partial charge >= 0.3 is 6.09 Å². The van der Waals surface area contributed by atoms with Crippen LogP contribution in [-0.2, 0) is 0 Å². The Labute approximate surface area is 142 Å². The molecule has 1 amide bonds. The van der Waals surface area contributed by atoms with Crippen molar-refractivity contribution in [3.8, 4) is 11.8 Å². The molecule has 2 fully saturated rings. The van der Waals surface area contributed by atoms with Crippen LogP contribution in [0, 0.1) is 11.3 Å². The second-order valence-electron chi connectivity index (χ2n) is 6.43. The fourth-order valence-electron chi connectivity index (χ4n) is 3.57. The van der Waals surface area contributed by atoms with Crippen LogP contribution in [-0.4, -0.2) is 47.9 Å². The minimum atomic E-state index is -0.852. The van der Waals surface area contributed by atoms with Gasteiger partial charge in [-0.05, 0) is 37.1 Å². The maximum Gasteiger partial charge on any atom is 0.407 e. The van der Waals surface area contributed by atoms with E-state index in [1.807, 2.05) is 12.1 Å². The maximum absolute atomic E-state index is 10.9. The van der Waals surface area contributed by atoms with Crippen molar-refractivity contribution >= 4 is 11.8 Å². The predicted molar refractivity (Wildman–Crippen MR) is 90.3 cm³/mol. The lowest BCUT2D eigenvalue weighted by Gasteiger charge is -2.30. The van der Waals surface area contributed by atoms with Crippen molar-refractivity contribution in [1.82, 2.24) is 4.90 Å². The van der Waals surface area contributed by atoms with Gasteiger partial charge in [-0.1, -0.05) is 0 Å². The molecule has 0 aromatic heterocycles. The van der Waals surface area contributed by atoms with E-state index in [0.717, 1.165) is 43.7 Å². The number of likely N-dealkylation sites (tertiary alicyclic amines) is 1. The number of benzene rings is 1. The van der Waals surface area contributed by atoms with Crippen molar-refractivity contribution in [2.45, 2.75) is 44.2 Å². The minimum Gasteiger partial charge on any atom is -0.490 e. The average Bonchev–Trinajstić information content (AvgIpc) is 3.05. The zero-order chi connectivity index (χ0) is 16.9. The first-order valence-electron chi connectivity index (χ1n) is 8.55. The lowest BCUT2D eigenvalue weighted by molar-refractivity contribution is 0.0895. The van der Waals surface area contributed by atoms with E-state index in [0.29, 0.717) is 25.6 Å². The molecule has 0 bridgehead atoms. The van der Waals surface area contributed by atoms with Crippen molar-refractivity contribution < 1.29 is 14.6 Å². The summed E-state index contributed by atoms with van der Waals surface area (Å²) in [5, 5.41) is 17.9. The summed E-state index contributed by atoms with van der Waals surface area (Å²) < 4.78 is 5.98. The number of amides is 1. The Morgan fingerprint density at radius 3 is 2.54 bits per heavy atom. The second-order valence-corrected chi connectivity index (χ2v) is 6.43. The number of piperidine rings is 1. The average molecular weight is 329 g/mol. The summed E-state index contributed by atoms with van der Waals surface area (Å²) in [5.41, 5.74) is 1.14. The molecule has 2 aliphatic rings. The molecule has 24 heavy (non-hydrogen) atoms. The van der Waals surface area contributed by atoms with Crippen LogP contribution in [0.15, 0.2) is 24.3 Å². The van der Waals surface area contributed by atoms with E-state index < -0.39 is 6.09 Å². The molecule has 1 aromatic rings. The molecular formula is C18H23N3O3. The van der Waals surface area contributed by atoms with Crippen molar-refractivity contribution in [2.24, 2.45) is 0 Å². The SMILES string of the molecule is N#CCC1CCCN1c1ccc(OC2CCN(C(=O)O)CC2)cc1. The highest BCUT2D eigenvalue weighted by molar-refractivity contribution is 5.65. The first-order valence-corrected chi connectivity index (χ1v) is 8.55. The van der Waals surface area contributed by atoms with Crippen LogP contribution in [0.4, 0.5) is 10.5 Å². The van der Waals surface area contributed by atoms with E-state index in [4.69, 9.17) is 15.1 Å². The van der Waals surface area contributed by atoms with Crippen molar-refractivity contribution in [3.05, 3.63) is 24.3 Å². The van der Waals surface area contributed by atoms with Gasteiger partial charge in [-0.3, -0.25) is 0 Å². The first kappa shape index (κ1) is 16.4. The number of hydrogen-bond acceptors (Lipinski definition) is 4. The molecule has 0 radical (unpaired) electrons. The summed E-state index contributed by atoms with van der Waals surface area (Å²) in [7, 11) is 0. The Hall–Kier alpha value is -2.42. The van der Waals surface area contributed by atoms with Crippen LogP contribution in [0.25, 0.3) is 0 Å². The predicted octanol–water partition coefficient (Wildman–Crippen LogP) is 3.09. The lowest BCUT2D eigenvalue weighted by atomic mass is 10.1. The Morgan fingerprint density at radius 1 is 1.21 bits per heavy atom. The summed E-state index contributed by atoms with van der Waals surface area (Å²) in [6.45, 7) is 2.06. The maximum atomic E-state index is 10.9. The highest BCUT2D eigenvalue weighted by Gasteiger charge is 2.25. The number of anilines is 1. The standard InChI is InChI=1S/C18H23N3O3/c19-10-7-14-2-1-11-21(14)15-3-5-16(6-4-15)24-17-8-12-20(13-9-17)18(22)23/h3-6,14,17H,1-2,7-9,11-13H2,(H,22,23). The van der Waals surface area contributed by atoms with Gasteiger partial charge in [0.25, 0.3) is 0 Å². The molecule has 128 valence electrons. The number of nitrogens with zero attached hydrogens (tertiary/aromatic N) is 3. The zero-order valence-electron chi connectivity index (χ0n) is 13.7. The monoisotopic (exact) mass is 329 g/mol. The Morgan fingerprint density at radius 2 is 1.92 bits per heavy atom. The number of carboxylic acid groups (broad SMARTS) is 1. The van der Waals surface area contributed by atoms with Crippen LogP contribution in [0.5, 0.6) is 5.75 Å². The second kappa shape index (κ2) is 7.43. The summed E-state index contributed by atoms with van der Waals surface area (Å²) in [4.78, 5) is 14.7. The third-order valence-electron chi connectivity index (χ3n) is 4.89. The molecule has 2 heterocycles. The summed E-state index contributed by atoms with van der Waals surface area (Å²) in [5.74, 6) is 0.823. The Bertz CT molecular complexity index is 603. The summed E-state index contributed by atoms with van der Waals surface area (Å²) in [6, 6.07) is 10.6. The molecule has 1 unspecified atom stereocenters. The van der Waals surface area contributed by atoms with E-state index in [9.17, 15) is 4.79 Å². The van der Waals surface area contributed by atoms with Crippen molar-refractivity contribution in [2.75, 3.05) is 24.5 Å². The van der Waals surface area contributed by atoms with Crippen LogP contribution in [0.1, 0.15) is 32.1 Å². The fraction of sp³-hybridized carbons (Fsp3) is 0.556. The number of rotatable bonds is 4. The van der Waals surface area contributed by atoms with E-state index in [1.165, 1.54) is 4.90 Å². The summed E-state index contributed by atoms with van der Waals surface area (Å²) in [6.07, 6.45) is 3.45. The van der Waals surface area contributed by atoms with Crippen molar-refractivity contribution in [3.63, 3.8) is 0 Å². The van der Waals surface area contributed by atoms with Gasteiger partial charge in [-0.25, -0.2) is 4.79 Å². The number of ether oxygens (including phenoxy) is 1. The molecular weight excluding hydrogens is 306 g/mol. The van der Waals surface area contributed by atoms with Crippen LogP contribution < -0.4 is 9.64 Å². The smallest absolute Gasteiger partial charge is 0.407 e. The van der Waals surface area contributed by atoms with Gasteiger partial charge in [-0.15, -0.1) is 0 Å². The highest BCUT2D eigenvalue weighted by Crippen LogP contribution is 2.29. The lowest BCUT2D eigenvalue weighted by Crippen LogP contribution is -2.41. The molecule has 2 saturated heterocycles. The molecule has 1 N–H and O–H groups in total. The van der Waals surface area contributed by atoms with Gasteiger partial charge in [0, 0.05) is 44.2 Å². The highest BCUT2D eigenvalue weighted by atomic mass is 16.5. The molecule has 0 saturated carbocycles. The van der Waals surface area contributed by atoms with Crippen LogP contribution in [0.3, 0.4) is 0 Å². The number of nitriles is 1. The number of hydrogen-bond donors (Lipinski definition) is 1. The molecule has 0 aliphatic carbocycles. The molecule has 2 aliphatic heterocycles. The fourth-order valence-corrected chi connectivity index (χ4v) is 3.57. The van der Waals surface area contributed by atoms with Gasteiger partial charge in [0.05, 0.1) is 12.5 Å². The third kappa shape index (κ3) is 3.73. The van der Waals surface area contributed by atoms with E-state index in [-0.39, 0.29) is 6.10 Å². The normalized spacial score (nSPS) is 21.5. The van der Waals surface area contributed by atoms with Gasteiger partial charge in [-0.2, -0.15) is 5.26 Å². The van der Waals surface area contributed by atoms with Gasteiger partial charge in [0.15, 0.2) is 0 Å². The topological polar surface area (TPSA) is 76.8 Å². The zero-order valence-corrected chi connectivity index (χ0v) is 13.7.